The molecule has 0 unspecified atom stereocenters. The fraction of sp³-hybridized carbons (Fsp3) is 0.0667. The summed E-state index contributed by atoms with van der Waals surface area (Å²) in [5.41, 5.74) is 1.92. The lowest BCUT2D eigenvalue weighted by molar-refractivity contribution is -0.131. The Morgan fingerprint density at radius 1 is 1.17 bits per heavy atom. The minimum atomic E-state index is -1.07. The number of rotatable bonds is 1. The maximum atomic E-state index is 12.2. The van der Waals surface area contributed by atoms with E-state index >= 15 is 0 Å². The Morgan fingerprint density at radius 2 is 1.94 bits per heavy atom. The van der Waals surface area contributed by atoms with Crippen LogP contribution in [0.25, 0.3) is 10.8 Å². The Bertz CT molecular complexity index is 711. The van der Waals surface area contributed by atoms with Crippen molar-refractivity contribution in [3.05, 3.63) is 59.2 Å². The van der Waals surface area contributed by atoms with E-state index < -0.39 is 5.97 Å². The maximum absolute atomic E-state index is 12.2. The fourth-order valence-corrected chi connectivity index (χ4v) is 2.44. The average Bonchev–Trinajstić information content (AvgIpc) is 2.66. The van der Waals surface area contributed by atoms with E-state index in [0.717, 1.165) is 22.4 Å². The first-order chi connectivity index (χ1) is 8.66. The molecule has 1 aliphatic rings. The average molecular weight is 238 g/mol. The molecule has 18 heavy (non-hydrogen) atoms. The highest BCUT2D eigenvalue weighted by atomic mass is 16.4. The van der Waals surface area contributed by atoms with E-state index in [1.807, 2.05) is 36.4 Å². The summed E-state index contributed by atoms with van der Waals surface area (Å²) < 4.78 is 0. The van der Waals surface area contributed by atoms with Crippen molar-refractivity contribution in [2.45, 2.75) is 6.42 Å². The van der Waals surface area contributed by atoms with Crippen LogP contribution in [0.5, 0.6) is 0 Å². The normalized spacial score (nSPS) is 16.2. The lowest BCUT2D eigenvalue weighted by Crippen LogP contribution is -2.00. The second-order valence-corrected chi connectivity index (χ2v) is 4.33. The van der Waals surface area contributed by atoms with Crippen molar-refractivity contribution >= 4 is 22.5 Å². The molecular formula is C15H10O3. The zero-order chi connectivity index (χ0) is 12.7. The number of carboxylic acid groups (broad SMARTS) is 1. The molecule has 0 radical (unpaired) electrons. The van der Waals surface area contributed by atoms with Crippen LogP contribution in [-0.2, 0) is 11.2 Å². The molecule has 0 amide bonds. The second-order valence-electron chi connectivity index (χ2n) is 4.33. The lowest BCUT2D eigenvalue weighted by Gasteiger charge is -2.02. The number of benzene rings is 2. The summed E-state index contributed by atoms with van der Waals surface area (Å²) in [5.74, 6) is -1.24. The van der Waals surface area contributed by atoms with Crippen molar-refractivity contribution in [3.63, 3.8) is 0 Å². The van der Waals surface area contributed by atoms with E-state index in [4.69, 9.17) is 5.11 Å². The first kappa shape index (κ1) is 10.7. The van der Waals surface area contributed by atoms with Gasteiger partial charge in [0.25, 0.3) is 0 Å². The summed E-state index contributed by atoms with van der Waals surface area (Å²) in [6, 6.07) is 11.5. The van der Waals surface area contributed by atoms with Crippen LogP contribution in [0, 0.1) is 0 Å². The third kappa shape index (κ3) is 1.52. The summed E-state index contributed by atoms with van der Waals surface area (Å²) in [5, 5.41) is 10.7. The van der Waals surface area contributed by atoms with Gasteiger partial charge < -0.3 is 5.11 Å². The molecule has 0 aromatic heterocycles. The molecule has 0 saturated heterocycles. The minimum absolute atomic E-state index is 0.163. The van der Waals surface area contributed by atoms with Gasteiger partial charge in [-0.2, -0.15) is 0 Å². The van der Waals surface area contributed by atoms with Crippen molar-refractivity contribution < 1.29 is 14.7 Å². The predicted molar refractivity (Wildman–Crippen MR) is 67.7 cm³/mol. The van der Waals surface area contributed by atoms with Crippen molar-refractivity contribution in [2.24, 2.45) is 0 Å². The minimum Gasteiger partial charge on any atom is -0.478 e. The van der Waals surface area contributed by atoms with Gasteiger partial charge in [0.15, 0.2) is 5.78 Å². The Kier molecular flexibility index (Phi) is 2.27. The molecule has 0 atom stereocenters. The number of aliphatic carboxylic acids is 1. The molecule has 0 bridgehead atoms. The van der Waals surface area contributed by atoms with Gasteiger partial charge in [0.1, 0.15) is 0 Å². The van der Waals surface area contributed by atoms with Crippen LogP contribution in [0.2, 0.25) is 0 Å². The Labute approximate surface area is 103 Å². The number of fused-ring (bicyclic) bond motifs is 3. The Balaban J connectivity index is 2.25. The van der Waals surface area contributed by atoms with Gasteiger partial charge in [-0.1, -0.05) is 36.4 Å². The number of carbonyl (C=O) groups is 2. The van der Waals surface area contributed by atoms with Crippen LogP contribution >= 0.6 is 0 Å². The number of hydrogen-bond donors (Lipinski definition) is 1. The molecule has 3 nitrogen and oxygen atoms in total. The SMILES string of the molecule is O=C(O)/C=C1\Cc2ccc3ccccc3c2C1=O. The first-order valence-electron chi connectivity index (χ1n) is 5.65. The van der Waals surface area contributed by atoms with Crippen LogP contribution in [0.4, 0.5) is 0 Å². The van der Waals surface area contributed by atoms with Crippen molar-refractivity contribution in [2.75, 3.05) is 0 Å². The van der Waals surface area contributed by atoms with Crippen molar-refractivity contribution in [1.82, 2.24) is 0 Å². The Morgan fingerprint density at radius 3 is 2.72 bits per heavy atom. The fourth-order valence-electron chi connectivity index (χ4n) is 2.44. The number of carbonyl (C=O) groups excluding carboxylic acids is 1. The van der Waals surface area contributed by atoms with Crippen LogP contribution < -0.4 is 0 Å². The number of carboxylic acids is 1. The Hall–Kier alpha value is -2.42. The molecule has 1 aliphatic carbocycles. The topological polar surface area (TPSA) is 54.4 Å². The molecule has 1 N–H and O–H groups in total. The molecule has 0 spiro atoms. The monoisotopic (exact) mass is 238 g/mol. The quantitative estimate of drug-likeness (QED) is 0.777. The number of allylic oxidation sites excluding steroid dienone is 1. The van der Waals surface area contributed by atoms with E-state index in [2.05, 4.69) is 0 Å². The zero-order valence-electron chi connectivity index (χ0n) is 9.51. The van der Waals surface area contributed by atoms with E-state index in [1.165, 1.54) is 0 Å². The van der Waals surface area contributed by atoms with Crippen LogP contribution in [0.15, 0.2) is 48.0 Å². The number of Topliss-reactive ketones (excluding diaryl/α,β-unsaturated/α-hetero) is 1. The molecule has 0 fully saturated rings. The molecule has 3 rings (SSSR count). The summed E-state index contributed by atoms with van der Waals surface area (Å²) >= 11 is 0. The first-order valence-corrected chi connectivity index (χ1v) is 5.65. The molecule has 0 aliphatic heterocycles. The molecule has 2 aromatic rings. The lowest BCUT2D eigenvalue weighted by atomic mass is 10.0. The van der Waals surface area contributed by atoms with E-state index in [-0.39, 0.29) is 5.78 Å². The standard InChI is InChI=1S/C15H10O3/c16-13(17)8-11-7-10-6-5-9-3-1-2-4-12(9)14(10)15(11)18/h1-6,8H,7H2,(H,16,17)/b11-8+. The summed E-state index contributed by atoms with van der Waals surface area (Å²) in [6.07, 6.45) is 1.42. The van der Waals surface area contributed by atoms with Crippen molar-refractivity contribution in [1.29, 1.82) is 0 Å². The van der Waals surface area contributed by atoms with E-state index in [0.29, 0.717) is 17.6 Å². The molecule has 3 heteroatoms. The van der Waals surface area contributed by atoms with Gasteiger partial charge in [-0.3, -0.25) is 4.79 Å². The zero-order valence-corrected chi connectivity index (χ0v) is 9.51. The third-order valence-corrected chi connectivity index (χ3v) is 3.21. The van der Waals surface area contributed by atoms with Gasteiger partial charge in [0.2, 0.25) is 0 Å². The van der Waals surface area contributed by atoms with Crippen LogP contribution in [0.3, 0.4) is 0 Å². The summed E-state index contributed by atoms with van der Waals surface area (Å²) in [4.78, 5) is 22.9. The number of hydrogen-bond acceptors (Lipinski definition) is 2. The molecule has 2 aromatic carbocycles. The highest BCUT2D eigenvalue weighted by Gasteiger charge is 2.27. The molecule has 88 valence electrons. The van der Waals surface area contributed by atoms with Gasteiger partial charge in [-0.15, -0.1) is 0 Å². The van der Waals surface area contributed by atoms with Gasteiger partial charge in [0.05, 0.1) is 0 Å². The van der Waals surface area contributed by atoms with Gasteiger partial charge >= 0.3 is 5.97 Å². The van der Waals surface area contributed by atoms with Crippen LogP contribution in [-0.4, -0.2) is 16.9 Å². The van der Waals surface area contributed by atoms with Gasteiger partial charge in [0, 0.05) is 23.6 Å². The van der Waals surface area contributed by atoms with E-state index in [9.17, 15) is 9.59 Å². The van der Waals surface area contributed by atoms with Crippen LogP contribution in [0.1, 0.15) is 15.9 Å². The molecule has 0 saturated carbocycles. The predicted octanol–water partition coefficient (Wildman–Crippen LogP) is 2.59. The highest BCUT2D eigenvalue weighted by molar-refractivity contribution is 6.21. The maximum Gasteiger partial charge on any atom is 0.328 e. The van der Waals surface area contributed by atoms with Crippen molar-refractivity contribution in [3.8, 4) is 0 Å². The van der Waals surface area contributed by atoms with E-state index in [1.54, 1.807) is 0 Å². The number of ketones is 1. The highest BCUT2D eigenvalue weighted by Crippen LogP contribution is 2.32. The summed E-state index contributed by atoms with van der Waals surface area (Å²) in [6.45, 7) is 0. The largest absolute Gasteiger partial charge is 0.478 e. The molecular weight excluding hydrogens is 228 g/mol. The summed E-state index contributed by atoms with van der Waals surface area (Å²) in [7, 11) is 0. The third-order valence-electron chi connectivity index (χ3n) is 3.21. The van der Waals surface area contributed by atoms with Gasteiger partial charge in [-0.25, -0.2) is 4.79 Å². The smallest absolute Gasteiger partial charge is 0.328 e. The van der Waals surface area contributed by atoms with Gasteiger partial charge in [-0.05, 0) is 16.3 Å². The second kappa shape index (κ2) is 3.81. The molecule has 0 heterocycles.